The Bertz CT molecular complexity index is 856. The van der Waals surface area contributed by atoms with Crippen LogP contribution in [0.5, 0.6) is 0 Å². The smallest absolute Gasteiger partial charge is 0.243 e. The zero-order valence-corrected chi connectivity index (χ0v) is 14.1. The Labute approximate surface area is 139 Å². The van der Waals surface area contributed by atoms with E-state index in [0.717, 1.165) is 27.5 Å². The predicted molar refractivity (Wildman–Crippen MR) is 89.0 cm³/mol. The first-order valence-electron chi connectivity index (χ1n) is 6.96. The second-order valence-corrected chi connectivity index (χ2v) is 7.28. The Kier molecular flexibility index (Phi) is 4.33. The van der Waals surface area contributed by atoms with E-state index in [1.165, 1.54) is 35.2 Å². The summed E-state index contributed by atoms with van der Waals surface area (Å²) in [6, 6.07) is 5.75. The number of rotatable bonds is 3. The van der Waals surface area contributed by atoms with Crippen LogP contribution in [-0.2, 0) is 6.18 Å². The standard InChI is InChI=1S/C16H13F3N2S2/c1-3-22-13-7-10(16(17,18)19)4-5-11(13)14-21-12-6-9(2)8-20-15(12)23-14/h4-8H,3H2,1-2H3. The molecule has 1 aromatic carbocycles. The van der Waals surface area contributed by atoms with E-state index >= 15 is 0 Å². The van der Waals surface area contributed by atoms with E-state index in [-0.39, 0.29) is 0 Å². The molecule has 0 aliphatic rings. The molecule has 2 nitrogen and oxygen atoms in total. The molecule has 3 aromatic rings. The maximum Gasteiger partial charge on any atom is 0.416 e. The minimum atomic E-state index is -4.34. The summed E-state index contributed by atoms with van der Waals surface area (Å²) >= 11 is 2.78. The van der Waals surface area contributed by atoms with Crippen LogP contribution in [0.15, 0.2) is 35.4 Å². The van der Waals surface area contributed by atoms with Crippen LogP contribution < -0.4 is 0 Å². The number of halogens is 3. The van der Waals surface area contributed by atoms with Crippen LogP contribution in [0.1, 0.15) is 18.1 Å². The van der Waals surface area contributed by atoms with Gasteiger partial charge in [0.2, 0.25) is 0 Å². The van der Waals surface area contributed by atoms with Crippen molar-refractivity contribution in [3.63, 3.8) is 0 Å². The molecule has 2 aromatic heterocycles. The minimum absolute atomic E-state index is 0.595. The summed E-state index contributed by atoms with van der Waals surface area (Å²) in [6.45, 7) is 3.85. The summed E-state index contributed by atoms with van der Waals surface area (Å²) in [5.41, 5.74) is 1.88. The van der Waals surface area contributed by atoms with Gasteiger partial charge in [0, 0.05) is 16.7 Å². The summed E-state index contributed by atoms with van der Waals surface area (Å²) in [7, 11) is 0. The number of pyridine rings is 1. The molecule has 0 radical (unpaired) electrons. The highest BCUT2D eigenvalue weighted by atomic mass is 32.2. The molecule has 23 heavy (non-hydrogen) atoms. The van der Waals surface area contributed by atoms with Crippen molar-refractivity contribution in [1.29, 1.82) is 0 Å². The first-order valence-corrected chi connectivity index (χ1v) is 8.76. The van der Waals surface area contributed by atoms with Crippen molar-refractivity contribution in [2.24, 2.45) is 0 Å². The molecule has 120 valence electrons. The molecule has 0 amide bonds. The van der Waals surface area contributed by atoms with Gasteiger partial charge in [-0.3, -0.25) is 0 Å². The first-order chi connectivity index (χ1) is 10.9. The molecule has 0 unspecified atom stereocenters. The largest absolute Gasteiger partial charge is 0.416 e. The van der Waals surface area contributed by atoms with Gasteiger partial charge in [-0.1, -0.05) is 24.3 Å². The molecule has 0 N–H and O–H groups in total. The first kappa shape index (κ1) is 16.3. The molecule has 7 heteroatoms. The summed E-state index contributed by atoms with van der Waals surface area (Å²) < 4.78 is 38.8. The van der Waals surface area contributed by atoms with E-state index in [0.29, 0.717) is 15.7 Å². The van der Waals surface area contributed by atoms with Gasteiger partial charge in [-0.2, -0.15) is 13.2 Å². The lowest BCUT2D eigenvalue weighted by atomic mass is 10.1. The van der Waals surface area contributed by atoms with E-state index in [9.17, 15) is 13.2 Å². The highest BCUT2D eigenvalue weighted by molar-refractivity contribution is 7.99. The van der Waals surface area contributed by atoms with Gasteiger partial charge in [-0.25, -0.2) is 9.97 Å². The van der Waals surface area contributed by atoms with Crippen molar-refractivity contribution in [2.45, 2.75) is 24.9 Å². The van der Waals surface area contributed by atoms with Crippen molar-refractivity contribution < 1.29 is 13.2 Å². The third-order valence-electron chi connectivity index (χ3n) is 3.22. The number of hydrogen-bond donors (Lipinski definition) is 0. The monoisotopic (exact) mass is 354 g/mol. The molecule has 0 bridgehead atoms. The van der Waals surface area contributed by atoms with Crippen LogP contribution in [0.3, 0.4) is 0 Å². The fraction of sp³-hybridized carbons (Fsp3) is 0.250. The molecule has 0 fully saturated rings. The van der Waals surface area contributed by atoms with Crippen molar-refractivity contribution >= 4 is 33.4 Å². The number of thiazole rings is 1. The van der Waals surface area contributed by atoms with Gasteiger partial charge in [0.05, 0.1) is 5.56 Å². The fourth-order valence-corrected chi connectivity index (χ4v) is 4.03. The van der Waals surface area contributed by atoms with E-state index in [4.69, 9.17) is 0 Å². The Morgan fingerprint density at radius 2 is 2.00 bits per heavy atom. The maximum absolute atomic E-state index is 12.9. The highest BCUT2D eigenvalue weighted by Crippen LogP contribution is 2.39. The predicted octanol–water partition coefficient (Wildman–Crippen LogP) is 5.80. The second-order valence-electron chi connectivity index (χ2n) is 5.00. The quantitative estimate of drug-likeness (QED) is 0.556. The van der Waals surface area contributed by atoms with Crippen LogP contribution in [0, 0.1) is 6.92 Å². The maximum atomic E-state index is 12.9. The van der Waals surface area contributed by atoms with Crippen LogP contribution in [-0.4, -0.2) is 15.7 Å². The number of alkyl halides is 3. The van der Waals surface area contributed by atoms with Gasteiger partial charge in [0.25, 0.3) is 0 Å². The molecular weight excluding hydrogens is 341 g/mol. The molecule has 0 spiro atoms. The van der Waals surface area contributed by atoms with Gasteiger partial charge in [-0.05, 0) is 36.4 Å². The van der Waals surface area contributed by atoms with E-state index in [1.807, 2.05) is 19.9 Å². The number of aryl methyl sites for hydroxylation is 1. The number of hydrogen-bond acceptors (Lipinski definition) is 4. The fourth-order valence-electron chi connectivity index (χ4n) is 2.19. The van der Waals surface area contributed by atoms with Crippen molar-refractivity contribution in [2.75, 3.05) is 5.75 Å². The molecule has 3 rings (SSSR count). The van der Waals surface area contributed by atoms with Crippen LogP contribution in [0.4, 0.5) is 13.2 Å². The molecule has 0 aliphatic heterocycles. The van der Waals surface area contributed by atoms with E-state index < -0.39 is 11.7 Å². The number of nitrogens with zero attached hydrogens (tertiary/aromatic N) is 2. The Morgan fingerprint density at radius 1 is 1.22 bits per heavy atom. The Hall–Kier alpha value is -1.60. The van der Waals surface area contributed by atoms with Gasteiger partial charge in [0.1, 0.15) is 15.4 Å². The number of benzene rings is 1. The van der Waals surface area contributed by atoms with Crippen molar-refractivity contribution in [1.82, 2.24) is 9.97 Å². The zero-order chi connectivity index (χ0) is 16.6. The van der Waals surface area contributed by atoms with Crippen LogP contribution in [0.2, 0.25) is 0 Å². The SMILES string of the molecule is CCSc1cc(C(F)(F)F)ccc1-c1nc2cc(C)cnc2s1. The van der Waals surface area contributed by atoms with Crippen LogP contribution in [0.25, 0.3) is 20.9 Å². The summed E-state index contributed by atoms with van der Waals surface area (Å²) in [5, 5.41) is 0.697. The van der Waals surface area contributed by atoms with Gasteiger partial charge >= 0.3 is 6.18 Å². The summed E-state index contributed by atoms with van der Waals surface area (Å²) in [5.74, 6) is 0.691. The van der Waals surface area contributed by atoms with E-state index in [2.05, 4.69) is 9.97 Å². The van der Waals surface area contributed by atoms with Crippen molar-refractivity contribution in [3.05, 3.63) is 41.6 Å². The molecular formula is C16H13F3N2S2. The normalized spacial score (nSPS) is 12.0. The average Bonchev–Trinajstić information content (AvgIpc) is 2.89. The second kappa shape index (κ2) is 6.13. The summed E-state index contributed by atoms with van der Waals surface area (Å²) in [4.78, 5) is 10.3. The lowest BCUT2D eigenvalue weighted by Crippen LogP contribution is -2.05. The number of fused-ring (bicyclic) bond motifs is 1. The Balaban J connectivity index is 2.12. The average molecular weight is 354 g/mol. The van der Waals surface area contributed by atoms with Crippen molar-refractivity contribution in [3.8, 4) is 10.6 Å². The molecule has 0 saturated carbocycles. The molecule has 2 heterocycles. The zero-order valence-electron chi connectivity index (χ0n) is 12.4. The topological polar surface area (TPSA) is 25.8 Å². The third kappa shape index (κ3) is 3.35. The van der Waals surface area contributed by atoms with Crippen LogP contribution >= 0.6 is 23.1 Å². The van der Waals surface area contributed by atoms with Gasteiger partial charge in [0.15, 0.2) is 0 Å². The molecule has 0 saturated heterocycles. The van der Waals surface area contributed by atoms with E-state index in [1.54, 1.807) is 6.20 Å². The molecule has 0 aliphatic carbocycles. The number of aromatic nitrogens is 2. The molecule has 0 atom stereocenters. The lowest BCUT2D eigenvalue weighted by molar-refractivity contribution is -0.137. The van der Waals surface area contributed by atoms with Gasteiger partial charge < -0.3 is 0 Å². The van der Waals surface area contributed by atoms with Gasteiger partial charge in [-0.15, -0.1) is 11.8 Å². The number of thioether (sulfide) groups is 1. The third-order valence-corrected chi connectivity index (χ3v) is 5.17. The summed E-state index contributed by atoms with van der Waals surface area (Å²) in [6.07, 6.45) is -2.58. The highest BCUT2D eigenvalue weighted by Gasteiger charge is 2.31. The Morgan fingerprint density at radius 3 is 2.70 bits per heavy atom. The minimum Gasteiger partial charge on any atom is -0.243 e. The lowest BCUT2D eigenvalue weighted by Gasteiger charge is -2.11.